The number of nitrogens with zero attached hydrogens (tertiary/aromatic N) is 1. The molecule has 2 aromatic carbocycles. The van der Waals surface area contributed by atoms with Crippen LogP contribution in [0.4, 0.5) is 0 Å². The summed E-state index contributed by atoms with van der Waals surface area (Å²) in [5, 5.41) is 9.84. The number of ketones is 1. The third-order valence-electron chi connectivity index (χ3n) is 5.12. The lowest BCUT2D eigenvalue weighted by molar-refractivity contribution is -0.124. The molecule has 0 bridgehead atoms. The normalized spacial score (nSPS) is 17.1. The second-order valence-electron chi connectivity index (χ2n) is 7.04. The Kier molecular flexibility index (Phi) is 5.71. The number of phenolic OH excluding ortho intramolecular Hbond substituents is 1. The van der Waals surface area contributed by atoms with Crippen molar-refractivity contribution in [1.29, 1.82) is 0 Å². The van der Waals surface area contributed by atoms with Crippen LogP contribution in [-0.2, 0) is 11.2 Å². The average molecular weight is 351 g/mol. The second kappa shape index (κ2) is 8.17. The Hall–Kier alpha value is -2.62. The molecule has 4 heteroatoms. The molecule has 1 amide bonds. The van der Waals surface area contributed by atoms with E-state index in [0.717, 1.165) is 24.8 Å². The summed E-state index contributed by atoms with van der Waals surface area (Å²) in [6, 6.07) is 15.0. The Bertz CT molecular complexity index is 785. The Labute approximate surface area is 154 Å². The molecule has 1 aliphatic rings. The Morgan fingerprint density at radius 3 is 2.65 bits per heavy atom. The fourth-order valence-corrected chi connectivity index (χ4v) is 3.47. The molecule has 1 atom stereocenters. The molecule has 0 spiro atoms. The summed E-state index contributed by atoms with van der Waals surface area (Å²) >= 11 is 0. The fourth-order valence-electron chi connectivity index (χ4n) is 3.47. The van der Waals surface area contributed by atoms with E-state index in [9.17, 15) is 14.7 Å². The number of Topliss-reactive ketones (excluding diaryl/α,β-unsaturated/α-hetero) is 1. The minimum Gasteiger partial charge on any atom is -0.508 e. The number of amides is 1. The smallest absolute Gasteiger partial charge is 0.254 e. The van der Waals surface area contributed by atoms with Crippen LogP contribution in [0, 0.1) is 12.8 Å². The molecule has 0 radical (unpaired) electrons. The summed E-state index contributed by atoms with van der Waals surface area (Å²) < 4.78 is 0. The third kappa shape index (κ3) is 4.31. The summed E-state index contributed by atoms with van der Waals surface area (Å²) in [5.41, 5.74) is 2.39. The lowest BCUT2D eigenvalue weighted by atomic mass is 9.90. The summed E-state index contributed by atoms with van der Waals surface area (Å²) in [7, 11) is 0. The molecule has 1 saturated heterocycles. The number of aromatic hydroxyl groups is 1. The van der Waals surface area contributed by atoms with Gasteiger partial charge >= 0.3 is 0 Å². The lowest BCUT2D eigenvalue weighted by Gasteiger charge is -2.32. The van der Waals surface area contributed by atoms with Gasteiger partial charge in [0.15, 0.2) is 0 Å². The Morgan fingerprint density at radius 1 is 1.15 bits per heavy atom. The van der Waals surface area contributed by atoms with Gasteiger partial charge in [-0.2, -0.15) is 0 Å². The van der Waals surface area contributed by atoms with E-state index in [1.165, 1.54) is 11.6 Å². The SMILES string of the molecule is Cc1ccc(C(=O)N2CCC[C@H](C(=O)CCc3ccccc3)C2)cc1O. The summed E-state index contributed by atoms with van der Waals surface area (Å²) in [6.45, 7) is 2.93. The van der Waals surface area contributed by atoms with Gasteiger partial charge in [-0.05, 0) is 49.4 Å². The van der Waals surface area contributed by atoms with Crippen molar-refractivity contribution in [2.45, 2.75) is 32.6 Å². The van der Waals surface area contributed by atoms with Crippen LogP contribution in [0.1, 0.15) is 40.7 Å². The van der Waals surface area contributed by atoms with Gasteiger partial charge in [0.05, 0.1) is 0 Å². The van der Waals surface area contributed by atoms with E-state index >= 15 is 0 Å². The molecular weight excluding hydrogens is 326 g/mol. The van der Waals surface area contributed by atoms with E-state index in [2.05, 4.69) is 0 Å². The minimum atomic E-state index is -0.110. The van der Waals surface area contributed by atoms with Gasteiger partial charge in [0.25, 0.3) is 5.91 Å². The zero-order valence-corrected chi connectivity index (χ0v) is 15.1. The van der Waals surface area contributed by atoms with Gasteiger partial charge in [0.1, 0.15) is 11.5 Å². The van der Waals surface area contributed by atoms with Crippen molar-refractivity contribution in [2.75, 3.05) is 13.1 Å². The maximum atomic E-state index is 12.7. The van der Waals surface area contributed by atoms with Crippen LogP contribution < -0.4 is 0 Å². The number of rotatable bonds is 5. The number of phenols is 1. The van der Waals surface area contributed by atoms with Crippen molar-refractivity contribution in [3.8, 4) is 5.75 Å². The summed E-state index contributed by atoms with van der Waals surface area (Å²) in [6.07, 6.45) is 2.94. The molecule has 0 aromatic heterocycles. The zero-order chi connectivity index (χ0) is 18.5. The number of carbonyl (C=O) groups excluding carboxylic acids is 2. The Morgan fingerprint density at radius 2 is 1.92 bits per heavy atom. The molecule has 0 saturated carbocycles. The highest BCUT2D eigenvalue weighted by Crippen LogP contribution is 2.23. The first-order valence-electron chi connectivity index (χ1n) is 9.20. The first-order chi connectivity index (χ1) is 12.5. The first-order valence-corrected chi connectivity index (χ1v) is 9.20. The topological polar surface area (TPSA) is 57.6 Å². The standard InChI is InChI=1S/C22H25NO3/c1-16-9-11-18(14-21(16)25)22(26)23-13-5-8-19(15-23)20(24)12-10-17-6-3-2-4-7-17/h2-4,6-7,9,11,14,19,25H,5,8,10,12-13,15H2,1H3/t19-/m0/s1. The Balaban J connectivity index is 1.60. The van der Waals surface area contributed by atoms with E-state index in [-0.39, 0.29) is 23.4 Å². The van der Waals surface area contributed by atoms with Crippen molar-refractivity contribution in [3.63, 3.8) is 0 Å². The van der Waals surface area contributed by atoms with Crippen LogP contribution in [0.25, 0.3) is 0 Å². The number of piperidine rings is 1. The molecule has 1 heterocycles. The fraction of sp³-hybridized carbons (Fsp3) is 0.364. The molecule has 1 aliphatic heterocycles. The highest BCUT2D eigenvalue weighted by Gasteiger charge is 2.28. The molecule has 3 rings (SSSR count). The van der Waals surface area contributed by atoms with Gasteiger partial charge in [0, 0.05) is 31.0 Å². The predicted molar refractivity (Wildman–Crippen MR) is 101 cm³/mol. The van der Waals surface area contributed by atoms with Crippen LogP contribution in [-0.4, -0.2) is 34.8 Å². The first kappa shape index (κ1) is 18.2. The van der Waals surface area contributed by atoms with Gasteiger partial charge in [-0.15, -0.1) is 0 Å². The third-order valence-corrected chi connectivity index (χ3v) is 5.12. The maximum absolute atomic E-state index is 12.7. The number of likely N-dealkylation sites (tertiary alicyclic amines) is 1. The second-order valence-corrected chi connectivity index (χ2v) is 7.04. The number of carbonyl (C=O) groups is 2. The van der Waals surface area contributed by atoms with Crippen LogP contribution in [0.15, 0.2) is 48.5 Å². The average Bonchev–Trinajstić information content (AvgIpc) is 2.68. The van der Waals surface area contributed by atoms with Crippen molar-refractivity contribution >= 4 is 11.7 Å². The number of hydrogen-bond acceptors (Lipinski definition) is 3. The van der Waals surface area contributed by atoms with Gasteiger partial charge in [-0.3, -0.25) is 9.59 Å². The van der Waals surface area contributed by atoms with Crippen LogP contribution in [0.5, 0.6) is 5.75 Å². The van der Waals surface area contributed by atoms with Crippen molar-refractivity contribution in [1.82, 2.24) is 4.90 Å². The summed E-state index contributed by atoms with van der Waals surface area (Å²) in [4.78, 5) is 27.1. The molecule has 26 heavy (non-hydrogen) atoms. The lowest BCUT2D eigenvalue weighted by Crippen LogP contribution is -2.42. The van der Waals surface area contributed by atoms with Crippen molar-refractivity contribution in [2.24, 2.45) is 5.92 Å². The van der Waals surface area contributed by atoms with Crippen molar-refractivity contribution < 1.29 is 14.7 Å². The van der Waals surface area contributed by atoms with E-state index < -0.39 is 0 Å². The molecule has 0 aliphatic carbocycles. The molecule has 1 fully saturated rings. The summed E-state index contributed by atoms with van der Waals surface area (Å²) in [5.74, 6) is 0.165. The molecule has 2 aromatic rings. The highest BCUT2D eigenvalue weighted by atomic mass is 16.3. The minimum absolute atomic E-state index is 0.0875. The van der Waals surface area contributed by atoms with Gasteiger partial charge in [-0.25, -0.2) is 0 Å². The highest BCUT2D eigenvalue weighted by molar-refractivity contribution is 5.95. The van der Waals surface area contributed by atoms with Gasteiger partial charge in [-0.1, -0.05) is 36.4 Å². The van der Waals surface area contributed by atoms with Crippen molar-refractivity contribution in [3.05, 3.63) is 65.2 Å². The molecular formula is C22H25NO3. The van der Waals surface area contributed by atoms with E-state index in [1.54, 1.807) is 24.0 Å². The molecule has 1 N–H and O–H groups in total. The number of hydrogen-bond donors (Lipinski definition) is 1. The van der Waals surface area contributed by atoms with Gasteiger partial charge < -0.3 is 10.0 Å². The maximum Gasteiger partial charge on any atom is 0.254 e. The largest absolute Gasteiger partial charge is 0.508 e. The van der Waals surface area contributed by atoms with Crippen LogP contribution in [0.2, 0.25) is 0 Å². The zero-order valence-electron chi connectivity index (χ0n) is 15.1. The van der Waals surface area contributed by atoms with E-state index in [0.29, 0.717) is 25.1 Å². The number of benzene rings is 2. The van der Waals surface area contributed by atoms with Crippen LogP contribution in [0.3, 0.4) is 0 Å². The van der Waals surface area contributed by atoms with E-state index in [4.69, 9.17) is 0 Å². The van der Waals surface area contributed by atoms with E-state index in [1.807, 2.05) is 30.3 Å². The molecule has 0 unspecified atom stereocenters. The monoisotopic (exact) mass is 351 g/mol. The predicted octanol–water partition coefficient (Wildman–Crippen LogP) is 3.75. The number of aryl methyl sites for hydroxylation is 2. The quantitative estimate of drug-likeness (QED) is 0.892. The van der Waals surface area contributed by atoms with Gasteiger partial charge in [0.2, 0.25) is 0 Å². The van der Waals surface area contributed by atoms with Crippen LogP contribution >= 0.6 is 0 Å². The molecule has 136 valence electrons. The molecule has 4 nitrogen and oxygen atoms in total.